The molecule has 0 aliphatic carbocycles. The highest BCUT2D eigenvalue weighted by Gasteiger charge is 2.17. The van der Waals surface area contributed by atoms with Crippen molar-refractivity contribution in [1.29, 1.82) is 0 Å². The van der Waals surface area contributed by atoms with Crippen LogP contribution in [0.4, 0.5) is 17.1 Å². The third-order valence-corrected chi connectivity index (χ3v) is 13.5. The van der Waals surface area contributed by atoms with E-state index in [0.717, 1.165) is 61.3 Å². The molecule has 12 aromatic rings. The minimum Gasteiger partial charge on any atom is -0.455 e. The molecule has 0 aliphatic heterocycles. The van der Waals surface area contributed by atoms with Crippen molar-refractivity contribution >= 4 is 70.5 Å². The zero-order chi connectivity index (χ0) is 41.7. The molecule has 2 aromatic heterocycles. The Morgan fingerprint density at radius 2 is 0.730 bits per heavy atom. The summed E-state index contributed by atoms with van der Waals surface area (Å²) < 4.78 is 9.13. The van der Waals surface area contributed by atoms with E-state index in [1.165, 1.54) is 53.6 Å². The molecular weight excluding hydrogens is 783 g/mol. The van der Waals surface area contributed by atoms with Gasteiger partial charge in [0.2, 0.25) is 0 Å². The van der Waals surface area contributed by atoms with E-state index in [-0.39, 0.29) is 0 Å². The third kappa shape index (κ3) is 6.76. The Hall–Kier alpha value is -7.98. The molecule has 0 atom stereocenters. The van der Waals surface area contributed by atoms with Crippen molar-refractivity contribution in [3.63, 3.8) is 0 Å². The zero-order valence-corrected chi connectivity index (χ0v) is 35.1. The number of fused-ring (bicyclic) bond motifs is 6. The summed E-state index contributed by atoms with van der Waals surface area (Å²) in [6.45, 7) is 0. The second-order valence-corrected chi connectivity index (χ2v) is 17.2. The van der Waals surface area contributed by atoms with Crippen LogP contribution in [0.1, 0.15) is 0 Å². The fourth-order valence-electron chi connectivity index (χ4n) is 9.07. The zero-order valence-electron chi connectivity index (χ0n) is 34.3. The van der Waals surface area contributed by atoms with Gasteiger partial charge in [0.05, 0.1) is 0 Å². The van der Waals surface area contributed by atoms with Gasteiger partial charge in [-0.1, -0.05) is 176 Å². The third-order valence-electron chi connectivity index (χ3n) is 12.3. The van der Waals surface area contributed by atoms with Crippen LogP contribution in [-0.2, 0) is 0 Å². The summed E-state index contributed by atoms with van der Waals surface area (Å²) in [6, 6.07) is 85.3. The van der Waals surface area contributed by atoms with Crippen molar-refractivity contribution in [3.8, 4) is 55.6 Å². The van der Waals surface area contributed by atoms with Crippen LogP contribution in [-0.4, -0.2) is 0 Å². The van der Waals surface area contributed by atoms with E-state index in [4.69, 9.17) is 4.42 Å². The van der Waals surface area contributed by atoms with E-state index in [1.807, 2.05) is 17.4 Å². The first kappa shape index (κ1) is 36.8. The van der Waals surface area contributed by atoms with E-state index in [2.05, 4.69) is 235 Å². The van der Waals surface area contributed by atoms with Gasteiger partial charge in [-0.25, -0.2) is 0 Å². The highest BCUT2D eigenvalue weighted by atomic mass is 32.1. The fraction of sp³-hybridized carbons (Fsp3) is 0. The average molecular weight is 822 g/mol. The number of thiophene rings is 1. The van der Waals surface area contributed by atoms with Gasteiger partial charge in [0.15, 0.2) is 0 Å². The average Bonchev–Trinajstić information content (AvgIpc) is 3.93. The van der Waals surface area contributed by atoms with Gasteiger partial charge in [-0.2, -0.15) is 0 Å². The second kappa shape index (κ2) is 15.5. The van der Waals surface area contributed by atoms with Gasteiger partial charge in [0.1, 0.15) is 11.2 Å². The van der Waals surface area contributed by atoms with E-state index in [0.29, 0.717) is 0 Å². The number of hydrogen-bond donors (Lipinski definition) is 0. The molecule has 63 heavy (non-hydrogen) atoms. The number of furan rings is 1. The van der Waals surface area contributed by atoms with Gasteiger partial charge < -0.3 is 9.32 Å². The molecule has 12 rings (SSSR count). The van der Waals surface area contributed by atoms with Gasteiger partial charge in [-0.05, 0) is 111 Å². The van der Waals surface area contributed by atoms with Crippen molar-refractivity contribution in [2.24, 2.45) is 0 Å². The van der Waals surface area contributed by atoms with Crippen LogP contribution >= 0.6 is 11.3 Å². The Balaban J connectivity index is 0.891. The van der Waals surface area contributed by atoms with Gasteiger partial charge in [0, 0.05) is 53.6 Å². The van der Waals surface area contributed by atoms with Crippen molar-refractivity contribution in [1.82, 2.24) is 0 Å². The van der Waals surface area contributed by atoms with Gasteiger partial charge >= 0.3 is 0 Å². The van der Waals surface area contributed by atoms with E-state index in [9.17, 15) is 0 Å². The van der Waals surface area contributed by atoms with Crippen molar-refractivity contribution in [2.75, 3.05) is 4.90 Å². The van der Waals surface area contributed by atoms with Crippen LogP contribution in [0.25, 0.3) is 97.7 Å². The lowest BCUT2D eigenvalue weighted by Gasteiger charge is -2.26. The molecule has 2 heterocycles. The molecule has 0 unspecified atom stereocenters. The number of para-hydroxylation sites is 1. The molecular formula is C60H39NOS. The molecule has 3 heteroatoms. The van der Waals surface area contributed by atoms with E-state index in [1.54, 1.807) is 0 Å². The summed E-state index contributed by atoms with van der Waals surface area (Å²) in [4.78, 5) is 2.35. The number of hydrogen-bond acceptors (Lipinski definition) is 3. The van der Waals surface area contributed by atoms with Gasteiger partial charge in [-0.3, -0.25) is 0 Å². The quantitative estimate of drug-likeness (QED) is 0.152. The van der Waals surface area contributed by atoms with Crippen molar-refractivity contribution in [2.45, 2.75) is 0 Å². The molecule has 2 nitrogen and oxygen atoms in total. The molecule has 296 valence electrons. The molecule has 0 fully saturated rings. The molecule has 0 radical (unpaired) electrons. The Morgan fingerprint density at radius 3 is 1.35 bits per heavy atom. The molecule has 0 saturated heterocycles. The number of nitrogens with zero attached hydrogens (tertiary/aromatic N) is 1. The van der Waals surface area contributed by atoms with Crippen LogP contribution in [0.5, 0.6) is 0 Å². The van der Waals surface area contributed by atoms with Gasteiger partial charge in [-0.15, -0.1) is 11.3 Å². The standard InChI is InChI=1S/C60H39NOS/c1-3-10-40(11-4-1)41-18-20-42(21-19-41)43-22-30-49(31-23-43)61(51-34-26-45(27-35-51)48-28-36-54-53-14-7-8-17-58(53)63-59(54)39-48)50-32-24-44(25-33-50)47-29-37-57-56(38-47)55-16-9-15-52(60(55)62-57)46-12-5-2-6-13-46/h1-39H. The van der Waals surface area contributed by atoms with E-state index < -0.39 is 0 Å². The van der Waals surface area contributed by atoms with Crippen LogP contribution in [0, 0.1) is 0 Å². The highest BCUT2D eigenvalue weighted by molar-refractivity contribution is 7.25. The van der Waals surface area contributed by atoms with Crippen LogP contribution in [0.3, 0.4) is 0 Å². The second-order valence-electron chi connectivity index (χ2n) is 16.1. The lowest BCUT2D eigenvalue weighted by atomic mass is 9.99. The summed E-state index contributed by atoms with van der Waals surface area (Å²) in [5, 5.41) is 4.88. The minimum atomic E-state index is 0.891. The Morgan fingerprint density at radius 1 is 0.286 bits per heavy atom. The Bertz CT molecular complexity index is 3570. The lowest BCUT2D eigenvalue weighted by Crippen LogP contribution is -2.09. The van der Waals surface area contributed by atoms with E-state index >= 15 is 0 Å². The SMILES string of the molecule is c1ccc(-c2ccc(-c3ccc(N(c4ccc(-c5ccc6c(c5)sc5ccccc56)cc4)c4ccc(-c5ccc6oc7c(-c8ccccc8)cccc7c6c5)cc4)cc3)cc2)cc1. The number of rotatable bonds is 8. The Kier molecular flexibility index (Phi) is 9.06. The highest BCUT2D eigenvalue weighted by Crippen LogP contribution is 2.41. The minimum absolute atomic E-state index is 0.891. The number of anilines is 3. The van der Waals surface area contributed by atoms with Crippen LogP contribution < -0.4 is 4.90 Å². The predicted molar refractivity (Wildman–Crippen MR) is 268 cm³/mol. The normalized spacial score (nSPS) is 11.5. The lowest BCUT2D eigenvalue weighted by molar-refractivity contribution is 0.670. The van der Waals surface area contributed by atoms with Crippen molar-refractivity contribution in [3.05, 3.63) is 237 Å². The van der Waals surface area contributed by atoms with Crippen LogP contribution in [0.2, 0.25) is 0 Å². The molecule has 0 N–H and O–H groups in total. The van der Waals surface area contributed by atoms with Crippen LogP contribution in [0.15, 0.2) is 241 Å². The molecule has 0 saturated carbocycles. The Labute approximate surface area is 370 Å². The smallest absolute Gasteiger partial charge is 0.143 e. The summed E-state index contributed by atoms with van der Waals surface area (Å²) in [6.07, 6.45) is 0. The topological polar surface area (TPSA) is 16.4 Å². The maximum atomic E-state index is 6.50. The largest absolute Gasteiger partial charge is 0.455 e. The maximum absolute atomic E-state index is 6.50. The maximum Gasteiger partial charge on any atom is 0.143 e. The molecule has 0 spiro atoms. The van der Waals surface area contributed by atoms with Crippen molar-refractivity contribution < 1.29 is 4.42 Å². The fourth-order valence-corrected chi connectivity index (χ4v) is 10.2. The summed E-state index contributed by atoms with van der Waals surface area (Å²) in [5.41, 5.74) is 16.9. The first-order valence-corrected chi connectivity index (χ1v) is 22.2. The summed E-state index contributed by atoms with van der Waals surface area (Å²) in [5.74, 6) is 0. The van der Waals surface area contributed by atoms with Gasteiger partial charge in [0.25, 0.3) is 0 Å². The summed E-state index contributed by atoms with van der Waals surface area (Å²) >= 11 is 1.86. The molecule has 0 bridgehead atoms. The molecule has 10 aromatic carbocycles. The first-order chi connectivity index (χ1) is 31.2. The molecule has 0 aliphatic rings. The predicted octanol–water partition coefficient (Wildman–Crippen LogP) is 17.8. The number of benzene rings is 10. The first-order valence-electron chi connectivity index (χ1n) is 21.4. The summed E-state index contributed by atoms with van der Waals surface area (Å²) in [7, 11) is 0. The molecule has 0 amide bonds. The monoisotopic (exact) mass is 821 g/mol.